The van der Waals surface area contributed by atoms with Crippen LogP contribution < -0.4 is 9.64 Å². The van der Waals surface area contributed by atoms with Gasteiger partial charge in [0.05, 0.1) is 18.4 Å². The number of nitrogens with zero attached hydrogens (tertiary/aromatic N) is 1. The highest BCUT2D eigenvalue weighted by Gasteiger charge is 2.30. The molecule has 0 spiro atoms. The second-order valence-electron chi connectivity index (χ2n) is 5.78. The Balaban J connectivity index is 1.88. The van der Waals surface area contributed by atoms with E-state index in [9.17, 15) is 18.0 Å². The van der Waals surface area contributed by atoms with Crippen molar-refractivity contribution in [2.75, 3.05) is 19.1 Å². The fourth-order valence-electron chi connectivity index (χ4n) is 2.64. The van der Waals surface area contributed by atoms with Crippen LogP contribution in [0.2, 0.25) is 0 Å². The predicted octanol–water partition coefficient (Wildman–Crippen LogP) is 5.25. The third-order valence-electron chi connectivity index (χ3n) is 4.04. The van der Waals surface area contributed by atoms with Gasteiger partial charge in [-0.15, -0.1) is 0 Å². The fourth-order valence-corrected chi connectivity index (χ4v) is 2.64. The number of furan rings is 1. The first kappa shape index (κ1) is 18.6. The number of carbonyl (C=O) groups excluding carboxylic acids is 1. The number of anilines is 1. The second kappa shape index (κ2) is 7.19. The summed E-state index contributed by atoms with van der Waals surface area (Å²) in [4.78, 5) is 14.0. The molecule has 0 atom stereocenters. The molecule has 3 rings (SSSR count). The average Bonchev–Trinajstić information content (AvgIpc) is 3.16. The number of ether oxygens (including phenoxy) is 1. The van der Waals surface area contributed by atoms with E-state index in [2.05, 4.69) is 0 Å². The number of alkyl halides is 3. The van der Waals surface area contributed by atoms with Gasteiger partial charge in [0.15, 0.2) is 5.76 Å². The highest BCUT2D eigenvalue weighted by atomic mass is 19.4. The molecule has 0 aliphatic carbocycles. The van der Waals surface area contributed by atoms with E-state index in [0.717, 1.165) is 12.1 Å². The van der Waals surface area contributed by atoms with Crippen LogP contribution in [0.4, 0.5) is 18.9 Å². The van der Waals surface area contributed by atoms with E-state index < -0.39 is 17.6 Å². The Kier molecular flexibility index (Phi) is 4.94. The number of halogens is 3. The van der Waals surface area contributed by atoms with Crippen molar-refractivity contribution in [2.24, 2.45) is 0 Å². The van der Waals surface area contributed by atoms with Gasteiger partial charge in [0, 0.05) is 12.6 Å². The van der Waals surface area contributed by atoms with Gasteiger partial charge in [-0.1, -0.05) is 24.3 Å². The summed E-state index contributed by atoms with van der Waals surface area (Å²) in [5.74, 6) is 0.254. The van der Waals surface area contributed by atoms with E-state index >= 15 is 0 Å². The van der Waals surface area contributed by atoms with Crippen LogP contribution in [-0.2, 0) is 6.18 Å². The number of hydrogen-bond donors (Lipinski definition) is 0. The van der Waals surface area contributed by atoms with E-state index in [1.54, 1.807) is 31.3 Å². The zero-order valence-electron chi connectivity index (χ0n) is 14.6. The molecule has 0 aliphatic heterocycles. The number of hydrogen-bond acceptors (Lipinski definition) is 3. The molecular weight excluding hydrogens is 359 g/mol. The number of benzene rings is 2. The third kappa shape index (κ3) is 3.81. The Labute approximate surface area is 153 Å². The van der Waals surface area contributed by atoms with Crippen molar-refractivity contribution in [3.63, 3.8) is 0 Å². The van der Waals surface area contributed by atoms with Crippen molar-refractivity contribution < 1.29 is 27.1 Å². The molecule has 4 nitrogen and oxygen atoms in total. The SMILES string of the molecule is COc1ccccc1N(C)C(=O)c1ccc(-c2cccc(C(F)(F)F)c2)o1. The van der Waals surface area contributed by atoms with E-state index in [1.807, 2.05) is 0 Å². The van der Waals surface area contributed by atoms with Crippen molar-refractivity contribution in [3.8, 4) is 17.1 Å². The third-order valence-corrected chi connectivity index (χ3v) is 4.04. The quantitative estimate of drug-likeness (QED) is 0.625. The molecule has 0 saturated carbocycles. The molecular formula is C20H16F3NO3. The van der Waals surface area contributed by atoms with Crippen LogP contribution in [0, 0.1) is 0 Å². The molecule has 1 amide bonds. The van der Waals surface area contributed by atoms with Gasteiger partial charge in [-0.3, -0.25) is 4.79 Å². The molecule has 27 heavy (non-hydrogen) atoms. The number of methoxy groups -OCH3 is 1. The molecule has 0 N–H and O–H groups in total. The molecule has 0 bridgehead atoms. The normalized spacial score (nSPS) is 11.3. The lowest BCUT2D eigenvalue weighted by atomic mass is 10.1. The maximum Gasteiger partial charge on any atom is 0.416 e. The topological polar surface area (TPSA) is 42.7 Å². The molecule has 0 unspecified atom stereocenters. The van der Waals surface area contributed by atoms with Gasteiger partial charge in [0.1, 0.15) is 11.5 Å². The Morgan fingerprint density at radius 2 is 1.78 bits per heavy atom. The highest BCUT2D eigenvalue weighted by molar-refractivity contribution is 6.05. The van der Waals surface area contributed by atoms with Gasteiger partial charge in [0.25, 0.3) is 5.91 Å². The fraction of sp³-hybridized carbons (Fsp3) is 0.150. The van der Waals surface area contributed by atoms with Crippen LogP contribution in [-0.4, -0.2) is 20.1 Å². The van der Waals surface area contributed by atoms with Crippen molar-refractivity contribution in [1.82, 2.24) is 0 Å². The summed E-state index contributed by atoms with van der Waals surface area (Å²) in [6, 6.07) is 14.6. The summed E-state index contributed by atoms with van der Waals surface area (Å²) >= 11 is 0. The van der Waals surface area contributed by atoms with E-state index in [1.165, 1.54) is 36.3 Å². The van der Waals surface area contributed by atoms with Gasteiger partial charge in [-0.2, -0.15) is 13.2 Å². The van der Waals surface area contributed by atoms with Crippen LogP contribution in [0.1, 0.15) is 16.1 Å². The first-order valence-corrected chi connectivity index (χ1v) is 8.00. The lowest BCUT2D eigenvalue weighted by Gasteiger charge is -2.18. The van der Waals surface area contributed by atoms with Crippen molar-refractivity contribution >= 4 is 11.6 Å². The zero-order valence-corrected chi connectivity index (χ0v) is 14.6. The van der Waals surface area contributed by atoms with Gasteiger partial charge in [-0.25, -0.2) is 0 Å². The Bertz CT molecular complexity index is 963. The first-order chi connectivity index (χ1) is 12.8. The Morgan fingerprint density at radius 1 is 1.04 bits per heavy atom. The van der Waals surface area contributed by atoms with Gasteiger partial charge in [0.2, 0.25) is 0 Å². The molecule has 0 radical (unpaired) electrons. The van der Waals surface area contributed by atoms with Crippen LogP contribution in [0.5, 0.6) is 5.75 Å². The largest absolute Gasteiger partial charge is 0.495 e. The smallest absolute Gasteiger partial charge is 0.416 e. The van der Waals surface area contributed by atoms with Gasteiger partial charge in [-0.05, 0) is 36.4 Å². The maximum absolute atomic E-state index is 12.9. The lowest BCUT2D eigenvalue weighted by molar-refractivity contribution is -0.137. The first-order valence-electron chi connectivity index (χ1n) is 8.00. The highest BCUT2D eigenvalue weighted by Crippen LogP contribution is 2.33. The molecule has 140 valence electrons. The molecule has 1 heterocycles. The van der Waals surface area contributed by atoms with Gasteiger partial charge < -0.3 is 14.1 Å². The van der Waals surface area contributed by atoms with Gasteiger partial charge >= 0.3 is 6.18 Å². The van der Waals surface area contributed by atoms with Crippen LogP contribution >= 0.6 is 0 Å². The summed E-state index contributed by atoms with van der Waals surface area (Å²) in [6.07, 6.45) is -4.45. The summed E-state index contributed by atoms with van der Waals surface area (Å²) in [5.41, 5.74) is 0.00116. The molecule has 3 aromatic rings. The summed E-state index contributed by atoms with van der Waals surface area (Å²) < 4.78 is 49.4. The lowest BCUT2D eigenvalue weighted by Crippen LogP contribution is -2.26. The summed E-state index contributed by atoms with van der Waals surface area (Å²) in [6.45, 7) is 0. The van der Waals surface area contributed by atoms with Crippen LogP contribution in [0.3, 0.4) is 0 Å². The van der Waals surface area contributed by atoms with E-state index in [0.29, 0.717) is 11.4 Å². The minimum absolute atomic E-state index is 0.0100. The van der Waals surface area contributed by atoms with Crippen molar-refractivity contribution in [2.45, 2.75) is 6.18 Å². The van der Waals surface area contributed by atoms with Crippen LogP contribution in [0.25, 0.3) is 11.3 Å². The molecule has 7 heteroatoms. The van der Waals surface area contributed by atoms with E-state index in [4.69, 9.17) is 9.15 Å². The minimum atomic E-state index is -4.45. The number of para-hydroxylation sites is 2. The molecule has 0 saturated heterocycles. The van der Waals surface area contributed by atoms with Crippen molar-refractivity contribution in [1.29, 1.82) is 0 Å². The number of rotatable bonds is 4. The molecule has 2 aromatic carbocycles. The zero-order chi connectivity index (χ0) is 19.6. The maximum atomic E-state index is 12.9. The predicted molar refractivity (Wildman–Crippen MR) is 94.9 cm³/mol. The standard InChI is InChI=1S/C20H16F3NO3/c1-24(15-8-3-4-9-17(15)26-2)19(25)18-11-10-16(27-18)13-6-5-7-14(12-13)20(21,22)23/h3-12H,1-2H3. The second-order valence-corrected chi connectivity index (χ2v) is 5.78. The van der Waals surface area contributed by atoms with E-state index in [-0.39, 0.29) is 17.1 Å². The Hall–Kier alpha value is -3.22. The molecule has 0 aliphatic rings. The number of carbonyl (C=O) groups is 1. The Morgan fingerprint density at radius 3 is 2.48 bits per heavy atom. The summed E-state index contributed by atoms with van der Waals surface area (Å²) in [5, 5.41) is 0. The number of amides is 1. The minimum Gasteiger partial charge on any atom is -0.495 e. The monoisotopic (exact) mass is 375 g/mol. The molecule has 0 fully saturated rings. The summed E-state index contributed by atoms with van der Waals surface area (Å²) in [7, 11) is 3.06. The average molecular weight is 375 g/mol. The van der Waals surface area contributed by atoms with Crippen LogP contribution in [0.15, 0.2) is 65.1 Å². The van der Waals surface area contributed by atoms with Crippen molar-refractivity contribution in [3.05, 3.63) is 72.0 Å². The molecule has 1 aromatic heterocycles.